The Labute approximate surface area is 182 Å². The van der Waals surface area contributed by atoms with Crippen LogP contribution in [-0.2, 0) is 10.0 Å². The van der Waals surface area contributed by atoms with Gasteiger partial charge in [0.1, 0.15) is 4.90 Å². The molecule has 3 aromatic rings. The van der Waals surface area contributed by atoms with Gasteiger partial charge >= 0.3 is 0 Å². The number of hydrogen-bond donors (Lipinski definition) is 2. The van der Waals surface area contributed by atoms with Gasteiger partial charge in [-0.15, -0.1) is 0 Å². The second-order valence-electron chi connectivity index (χ2n) is 6.90. The standard InChI is InChI=1S/C23H25N3O4S/c1-16-9-11-20(25-24-15-18-10-12-21(29-3)22(14-18)30-4)23(13-16)31(27,28)26-19-8-6-5-7-17(19)2/h5-15,25-26H,1-4H3/b24-15+. The molecule has 7 nitrogen and oxygen atoms in total. The summed E-state index contributed by atoms with van der Waals surface area (Å²) < 4.78 is 39.3. The van der Waals surface area contributed by atoms with Crippen molar-refractivity contribution in [2.75, 3.05) is 24.4 Å². The minimum atomic E-state index is -3.83. The molecule has 0 radical (unpaired) electrons. The van der Waals surface area contributed by atoms with E-state index in [-0.39, 0.29) is 4.90 Å². The van der Waals surface area contributed by atoms with E-state index >= 15 is 0 Å². The van der Waals surface area contributed by atoms with Crippen LogP contribution >= 0.6 is 0 Å². The highest BCUT2D eigenvalue weighted by molar-refractivity contribution is 7.92. The highest BCUT2D eigenvalue weighted by Gasteiger charge is 2.20. The number of hydrogen-bond acceptors (Lipinski definition) is 6. The number of benzene rings is 3. The first kappa shape index (κ1) is 22.2. The number of sulfonamides is 1. The van der Waals surface area contributed by atoms with E-state index in [0.717, 1.165) is 16.7 Å². The van der Waals surface area contributed by atoms with Gasteiger partial charge < -0.3 is 9.47 Å². The van der Waals surface area contributed by atoms with Gasteiger partial charge in [0.25, 0.3) is 10.0 Å². The average molecular weight is 440 g/mol. The number of aryl methyl sites for hydroxylation is 2. The summed E-state index contributed by atoms with van der Waals surface area (Å²) in [6.45, 7) is 3.68. The summed E-state index contributed by atoms with van der Waals surface area (Å²) in [7, 11) is -0.702. The molecule has 0 aromatic heterocycles. The number of rotatable bonds is 8. The molecule has 3 rings (SSSR count). The second-order valence-corrected chi connectivity index (χ2v) is 8.56. The number of para-hydroxylation sites is 1. The van der Waals surface area contributed by atoms with Crippen LogP contribution in [0.25, 0.3) is 0 Å². The van der Waals surface area contributed by atoms with E-state index in [2.05, 4.69) is 15.2 Å². The van der Waals surface area contributed by atoms with Gasteiger partial charge in [0.2, 0.25) is 0 Å². The van der Waals surface area contributed by atoms with Gasteiger partial charge in [0.05, 0.1) is 31.8 Å². The first-order valence-electron chi connectivity index (χ1n) is 9.54. The molecule has 31 heavy (non-hydrogen) atoms. The van der Waals surface area contributed by atoms with Gasteiger partial charge in [0.15, 0.2) is 11.5 Å². The van der Waals surface area contributed by atoms with E-state index in [1.165, 1.54) is 0 Å². The smallest absolute Gasteiger partial charge is 0.264 e. The van der Waals surface area contributed by atoms with Crippen molar-refractivity contribution in [2.45, 2.75) is 18.7 Å². The van der Waals surface area contributed by atoms with Crippen LogP contribution in [0.4, 0.5) is 11.4 Å². The normalized spacial score (nSPS) is 11.4. The van der Waals surface area contributed by atoms with Crippen LogP contribution in [0.15, 0.2) is 70.7 Å². The van der Waals surface area contributed by atoms with Crippen LogP contribution in [0.5, 0.6) is 11.5 Å². The summed E-state index contributed by atoms with van der Waals surface area (Å²) in [5.74, 6) is 1.19. The fourth-order valence-corrected chi connectivity index (χ4v) is 4.31. The number of ether oxygens (including phenoxy) is 2. The van der Waals surface area contributed by atoms with Gasteiger partial charge in [0, 0.05) is 0 Å². The third kappa shape index (κ3) is 5.35. The van der Waals surface area contributed by atoms with E-state index in [4.69, 9.17) is 9.47 Å². The molecule has 3 aromatic carbocycles. The Bertz CT molecular complexity index is 1210. The second kappa shape index (κ2) is 9.53. The van der Waals surface area contributed by atoms with Crippen molar-refractivity contribution >= 4 is 27.6 Å². The molecule has 162 valence electrons. The zero-order valence-electron chi connectivity index (χ0n) is 17.8. The molecule has 0 heterocycles. The van der Waals surface area contributed by atoms with E-state index in [9.17, 15) is 8.42 Å². The molecule has 0 fully saturated rings. The molecule has 0 amide bonds. The third-order valence-corrected chi connectivity index (χ3v) is 6.03. The number of nitrogens with one attached hydrogen (secondary N) is 2. The Morgan fingerprint density at radius 3 is 2.32 bits per heavy atom. The van der Waals surface area contributed by atoms with Gasteiger partial charge in [-0.2, -0.15) is 5.10 Å². The summed E-state index contributed by atoms with van der Waals surface area (Å²) in [6, 6.07) is 17.7. The maximum Gasteiger partial charge on any atom is 0.264 e. The van der Waals surface area contributed by atoms with Crippen LogP contribution in [0.1, 0.15) is 16.7 Å². The largest absolute Gasteiger partial charge is 0.493 e. The molecule has 0 bridgehead atoms. The minimum absolute atomic E-state index is 0.111. The topological polar surface area (TPSA) is 89.0 Å². The molecule has 0 unspecified atom stereocenters. The molecule has 0 saturated heterocycles. The SMILES string of the molecule is COc1ccc(/C=N/Nc2ccc(C)cc2S(=O)(=O)Nc2ccccc2C)cc1OC. The van der Waals surface area contributed by atoms with Crippen molar-refractivity contribution in [2.24, 2.45) is 5.10 Å². The van der Waals surface area contributed by atoms with E-state index < -0.39 is 10.0 Å². The lowest BCUT2D eigenvalue weighted by atomic mass is 10.2. The molecule has 0 saturated carbocycles. The zero-order valence-corrected chi connectivity index (χ0v) is 18.7. The lowest BCUT2D eigenvalue weighted by Crippen LogP contribution is -2.15. The van der Waals surface area contributed by atoms with Gasteiger partial charge in [-0.1, -0.05) is 24.3 Å². The van der Waals surface area contributed by atoms with Crippen LogP contribution in [0, 0.1) is 13.8 Å². The average Bonchev–Trinajstić information content (AvgIpc) is 2.76. The number of hydrazone groups is 1. The predicted molar refractivity (Wildman–Crippen MR) is 124 cm³/mol. The monoisotopic (exact) mass is 439 g/mol. The molecule has 0 spiro atoms. The quantitative estimate of drug-likeness (QED) is 0.397. The highest BCUT2D eigenvalue weighted by atomic mass is 32.2. The number of nitrogens with zero attached hydrogens (tertiary/aromatic N) is 1. The molecular formula is C23H25N3O4S. The van der Waals surface area contributed by atoms with Crippen molar-refractivity contribution in [3.63, 3.8) is 0 Å². The maximum absolute atomic E-state index is 13.1. The molecule has 0 aliphatic carbocycles. The van der Waals surface area contributed by atoms with Gasteiger partial charge in [-0.25, -0.2) is 8.42 Å². The Morgan fingerprint density at radius 2 is 1.61 bits per heavy atom. The number of anilines is 2. The lowest BCUT2D eigenvalue weighted by Gasteiger charge is -2.14. The lowest BCUT2D eigenvalue weighted by molar-refractivity contribution is 0.355. The zero-order chi connectivity index (χ0) is 22.4. The summed E-state index contributed by atoms with van der Waals surface area (Å²) >= 11 is 0. The highest BCUT2D eigenvalue weighted by Crippen LogP contribution is 2.28. The number of methoxy groups -OCH3 is 2. The van der Waals surface area contributed by atoms with E-state index in [1.54, 1.807) is 56.8 Å². The van der Waals surface area contributed by atoms with Crippen molar-refractivity contribution in [1.82, 2.24) is 0 Å². The predicted octanol–water partition coefficient (Wildman–Crippen LogP) is 4.57. The molecule has 0 aliphatic heterocycles. The summed E-state index contributed by atoms with van der Waals surface area (Å²) in [5, 5.41) is 4.21. The van der Waals surface area contributed by atoms with E-state index in [1.807, 2.05) is 38.1 Å². The first-order valence-corrected chi connectivity index (χ1v) is 11.0. The Kier molecular flexibility index (Phi) is 6.81. The summed E-state index contributed by atoms with van der Waals surface area (Å²) in [6.07, 6.45) is 1.58. The Balaban J connectivity index is 1.86. The minimum Gasteiger partial charge on any atom is -0.493 e. The van der Waals surface area contributed by atoms with Crippen LogP contribution in [0.3, 0.4) is 0 Å². The fourth-order valence-electron chi connectivity index (χ4n) is 2.94. The van der Waals surface area contributed by atoms with Gasteiger partial charge in [-0.3, -0.25) is 10.1 Å². The van der Waals surface area contributed by atoms with Crippen LogP contribution < -0.4 is 19.6 Å². The molecular weight excluding hydrogens is 414 g/mol. The van der Waals surface area contributed by atoms with Crippen LogP contribution in [-0.4, -0.2) is 28.9 Å². The Morgan fingerprint density at radius 1 is 0.871 bits per heavy atom. The summed E-state index contributed by atoms with van der Waals surface area (Å²) in [4.78, 5) is 0.111. The summed E-state index contributed by atoms with van der Waals surface area (Å²) in [5.41, 5.74) is 6.15. The van der Waals surface area contributed by atoms with Crippen molar-refractivity contribution in [3.8, 4) is 11.5 Å². The van der Waals surface area contributed by atoms with Crippen molar-refractivity contribution < 1.29 is 17.9 Å². The van der Waals surface area contributed by atoms with Crippen molar-refractivity contribution in [1.29, 1.82) is 0 Å². The molecule has 0 atom stereocenters. The maximum atomic E-state index is 13.1. The van der Waals surface area contributed by atoms with Gasteiger partial charge in [-0.05, 0) is 66.9 Å². The first-order chi connectivity index (χ1) is 14.8. The molecule has 8 heteroatoms. The molecule has 2 N–H and O–H groups in total. The third-order valence-electron chi connectivity index (χ3n) is 4.62. The fraction of sp³-hybridized carbons (Fsp3) is 0.174. The van der Waals surface area contributed by atoms with E-state index in [0.29, 0.717) is 22.9 Å². The Hall–Kier alpha value is -3.52. The van der Waals surface area contributed by atoms with Crippen molar-refractivity contribution in [3.05, 3.63) is 77.4 Å². The van der Waals surface area contributed by atoms with Crippen LogP contribution in [0.2, 0.25) is 0 Å². The molecule has 0 aliphatic rings.